The van der Waals surface area contributed by atoms with Crippen molar-refractivity contribution in [1.82, 2.24) is 10.2 Å². The van der Waals surface area contributed by atoms with Gasteiger partial charge in [0, 0.05) is 31.1 Å². The Morgan fingerprint density at radius 2 is 2.03 bits per heavy atom. The lowest BCUT2D eigenvalue weighted by Gasteiger charge is -2.44. The van der Waals surface area contributed by atoms with Crippen LogP contribution in [0.15, 0.2) is 42.5 Å². The monoisotopic (exact) mass is 542 g/mol. The van der Waals surface area contributed by atoms with E-state index in [0.29, 0.717) is 68.4 Å². The van der Waals surface area contributed by atoms with E-state index in [4.69, 9.17) is 11.5 Å². The molecule has 0 spiro atoms. The van der Waals surface area contributed by atoms with Crippen molar-refractivity contribution >= 4 is 12.0 Å². The molecule has 0 bridgehead atoms. The van der Waals surface area contributed by atoms with Crippen LogP contribution in [0.2, 0.25) is 0 Å². The average Bonchev–Trinajstić information content (AvgIpc) is 2.97. The number of piperidine rings is 1. The van der Waals surface area contributed by atoms with E-state index >= 15 is 4.39 Å². The van der Waals surface area contributed by atoms with E-state index in [1.54, 1.807) is 17.0 Å². The molecular formula is C30H43FN4O4. The molecule has 8 nitrogen and oxygen atoms in total. The molecule has 1 aliphatic rings. The Morgan fingerprint density at radius 3 is 2.74 bits per heavy atom. The van der Waals surface area contributed by atoms with E-state index in [1.165, 1.54) is 13.2 Å². The molecule has 0 aliphatic carbocycles. The quantitative estimate of drug-likeness (QED) is 0.303. The summed E-state index contributed by atoms with van der Waals surface area (Å²) in [5.41, 5.74) is 12.9. The highest BCUT2D eigenvalue weighted by atomic mass is 19.1. The first kappa shape index (κ1) is 30.5. The van der Waals surface area contributed by atoms with Crippen LogP contribution in [0.25, 0.3) is 11.1 Å². The lowest BCUT2D eigenvalue weighted by atomic mass is 9.72. The number of halogens is 1. The minimum Gasteiger partial charge on any atom is -0.453 e. The number of hydrogen-bond donors (Lipinski definition) is 4. The van der Waals surface area contributed by atoms with Crippen LogP contribution >= 0.6 is 0 Å². The summed E-state index contributed by atoms with van der Waals surface area (Å²) < 4.78 is 20.2. The van der Waals surface area contributed by atoms with Gasteiger partial charge in [-0.25, -0.2) is 9.18 Å². The fraction of sp³-hybridized carbons (Fsp3) is 0.533. The summed E-state index contributed by atoms with van der Waals surface area (Å²) in [6.07, 6.45) is 3.44. The zero-order valence-electron chi connectivity index (χ0n) is 23.1. The van der Waals surface area contributed by atoms with Crippen LogP contribution in [0.1, 0.15) is 56.6 Å². The third kappa shape index (κ3) is 7.56. The molecule has 1 aliphatic heterocycles. The van der Waals surface area contributed by atoms with Crippen molar-refractivity contribution in [3.05, 3.63) is 59.4 Å². The highest BCUT2D eigenvalue weighted by Gasteiger charge is 2.43. The standard InChI is InChI=1S/C30H43FN4O4/c1-3-21-9-4-10-22(19-21)27-24(12-5-13-25(27)31)30(38,15-8-17-34-29(37)39-2)23-11-7-18-35(20-23)28(36)26(33)14-6-16-32/h4-5,9-10,12-13,19,23,26,38H,3,6-8,11,14-18,20,32-33H2,1-2H3,(H,34,37)/t23-,26-,30+/m1/s1. The highest BCUT2D eigenvalue weighted by Crippen LogP contribution is 2.44. The molecular weight excluding hydrogens is 499 g/mol. The second-order valence-electron chi connectivity index (χ2n) is 10.3. The molecule has 2 aromatic rings. The second-order valence-corrected chi connectivity index (χ2v) is 10.3. The van der Waals surface area contributed by atoms with Gasteiger partial charge in [0.25, 0.3) is 0 Å². The highest BCUT2D eigenvalue weighted by molar-refractivity contribution is 5.81. The molecule has 0 radical (unpaired) electrons. The summed E-state index contributed by atoms with van der Waals surface area (Å²) in [4.78, 5) is 26.5. The van der Waals surface area contributed by atoms with Crippen molar-refractivity contribution < 1.29 is 23.8 Å². The topological polar surface area (TPSA) is 131 Å². The minimum atomic E-state index is -1.46. The van der Waals surface area contributed by atoms with Crippen LogP contribution in [0.4, 0.5) is 9.18 Å². The number of carbonyl (C=O) groups is 2. The van der Waals surface area contributed by atoms with Crippen molar-refractivity contribution in [2.75, 3.05) is 33.3 Å². The lowest BCUT2D eigenvalue weighted by Crippen LogP contribution is -2.52. The van der Waals surface area contributed by atoms with Gasteiger partial charge in [-0.2, -0.15) is 0 Å². The van der Waals surface area contributed by atoms with Crippen LogP contribution in [0.5, 0.6) is 0 Å². The van der Waals surface area contributed by atoms with Gasteiger partial charge < -0.3 is 31.5 Å². The van der Waals surface area contributed by atoms with E-state index in [1.807, 2.05) is 31.2 Å². The summed E-state index contributed by atoms with van der Waals surface area (Å²) in [6.45, 7) is 3.65. The number of methoxy groups -OCH3 is 1. The molecule has 1 fully saturated rings. The molecule has 6 N–H and O–H groups in total. The molecule has 3 atom stereocenters. The Balaban J connectivity index is 2.00. The maximum absolute atomic E-state index is 15.6. The van der Waals surface area contributed by atoms with E-state index in [-0.39, 0.29) is 24.8 Å². The molecule has 9 heteroatoms. The number of carbonyl (C=O) groups excluding carboxylic acids is 2. The number of nitrogens with one attached hydrogen (secondary N) is 1. The number of rotatable bonds is 12. The maximum atomic E-state index is 15.6. The smallest absolute Gasteiger partial charge is 0.406 e. The number of aryl methyl sites for hydroxylation is 1. The van der Waals surface area contributed by atoms with Gasteiger partial charge >= 0.3 is 6.09 Å². The zero-order valence-corrected chi connectivity index (χ0v) is 23.1. The molecule has 1 heterocycles. The average molecular weight is 543 g/mol. The molecule has 214 valence electrons. The number of nitrogens with zero attached hydrogens (tertiary/aromatic N) is 1. The summed E-state index contributed by atoms with van der Waals surface area (Å²) in [5.74, 6) is -0.928. The number of aliphatic hydroxyl groups is 1. The van der Waals surface area contributed by atoms with E-state index in [9.17, 15) is 14.7 Å². The molecule has 39 heavy (non-hydrogen) atoms. The van der Waals surface area contributed by atoms with Gasteiger partial charge in [0.1, 0.15) is 5.82 Å². The van der Waals surface area contributed by atoms with Crippen molar-refractivity contribution in [1.29, 1.82) is 0 Å². The molecule has 0 saturated carbocycles. The number of benzene rings is 2. The number of nitrogens with two attached hydrogens (primary N) is 2. The van der Waals surface area contributed by atoms with Crippen molar-refractivity contribution in [2.24, 2.45) is 17.4 Å². The van der Waals surface area contributed by atoms with Gasteiger partial charge in [-0.3, -0.25) is 4.79 Å². The largest absolute Gasteiger partial charge is 0.453 e. The number of likely N-dealkylation sites (tertiary alicyclic amines) is 1. The third-order valence-electron chi connectivity index (χ3n) is 7.74. The van der Waals surface area contributed by atoms with Crippen LogP contribution in [0.3, 0.4) is 0 Å². The Kier molecular flexibility index (Phi) is 11.3. The summed E-state index contributed by atoms with van der Waals surface area (Å²) in [6, 6.07) is 11.8. The first-order chi connectivity index (χ1) is 18.7. The Bertz CT molecular complexity index is 1110. The molecule has 2 aromatic carbocycles. The molecule has 3 rings (SSSR count). The van der Waals surface area contributed by atoms with E-state index in [2.05, 4.69) is 10.1 Å². The van der Waals surface area contributed by atoms with Gasteiger partial charge in [-0.05, 0) is 74.2 Å². The molecule has 1 saturated heterocycles. The normalized spacial score (nSPS) is 17.8. The van der Waals surface area contributed by atoms with E-state index < -0.39 is 23.6 Å². The number of hydrogen-bond acceptors (Lipinski definition) is 6. The predicted molar refractivity (Wildman–Crippen MR) is 150 cm³/mol. The van der Waals surface area contributed by atoms with Gasteiger partial charge in [0.05, 0.1) is 18.8 Å². The fourth-order valence-corrected chi connectivity index (χ4v) is 5.57. The zero-order chi connectivity index (χ0) is 28.4. The van der Waals surface area contributed by atoms with Crippen molar-refractivity contribution in [2.45, 2.75) is 63.5 Å². The maximum Gasteiger partial charge on any atom is 0.406 e. The Hall–Kier alpha value is -3.01. The minimum absolute atomic E-state index is 0.155. The Morgan fingerprint density at radius 1 is 1.26 bits per heavy atom. The summed E-state index contributed by atoms with van der Waals surface area (Å²) >= 11 is 0. The second kappa shape index (κ2) is 14.4. The summed E-state index contributed by atoms with van der Waals surface area (Å²) in [7, 11) is 1.29. The van der Waals surface area contributed by atoms with Crippen molar-refractivity contribution in [3.8, 4) is 11.1 Å². The number of alkyl carbamates (subject to hydrolysis) is 1. The van der Waals surface area contributed by atoms with Crippen LogP contribution < -0.4 is 16.8 Å². The van der Waals surface area contributed by atoms with Gasteiger partial charge in [0.15, 0.2) is 0 Å². The first-order valence-corrected chi connectivity index (χ1v) is 13.9. The van der Waals surface area contributed by atoms with Crippen LogP contribution in [-0.2, 0) is 21.6 Å². The third-order valence-corrected chi connectivity index (χ3v) is 7.74. The van der Waals surface area contributed by atoms with E-state index in [0.717, 1.165) is 12.0 Å². The van der Waals surface area contributed by atoms with Gasteiger partial charge in [-0.1, -0.05) is 43.3 Å². The van der Waals surface area contributed by atoms with Gasteiger partial charge in [0.2, 0.25) is 5.91 Å². The first-order valence-electron chi connectivity index (χ1n) is 13.9. The van der Waals surface area contributed by atoms with Crippen molar-refractivity contribution in [3.63, 3.8) is 0 Å². The number of ether oxygens (including phenoxy) is 1. The molecule has 0 aromatic heterocycles. The predicted octanol–water partition coefficient (Wildman–Crippen LogP) is 3.68. The van der Waals surface area contributed by atoms with Crippen LogP contribution in [-0.4, -0.2) is 61.3 Å². The lowest BCUT2D eigenvalue weighted by molar-refractivity contribution is -0.138. The number of amides is 2. The molecule has 2 amide bonds. The van der Waals surface area contributed by atoms with Crippen LogP contribution in [0, 0.1) is 11.7 Å². The SMILES string of the molecule is CCc1cccc(-c2c(F)cccc2[C@](O)(CCCNC(=O)OC)[C@@H]2CCCN(C(=O)[C@H](N)CCCN)C2)c1. The van der Waals surface area contributed by atoms with Gasteiger partial charge in [-0.15, -0.1) is 0 Å². The fourth-order valence-electron chi connectivity index (χ4n) is 5.57. The summed E-state index contributed by atoms with van der Waals surface area (Å²) in [5, 5.41) is 15.2. The Labute approximate surface area is 230 Å². The molecule has 0 unspecified atom stereocenters.